The second-order valence-electron chi connectivity index (χ2n) is 5.75. The number of rotatable bonds is 5. The van der Waals surface area contributed by atoms with E-state index in [9.17, 15) is 0 Å². The van der Waals surface area contributed by atoms with Crippen LogP contribution in [-0.2, 0) is 4.74 Å². The molecule has 0 aromatic heterocycles. The second-order valence-corrected chi connectivity index (χ2v) is 6.89. The standard InChI is InChI=1S/C14H28N2OS/c1-11(8-13-10-17-7-6-15-13)16-12-4-3-5-14(9-12)18-2/h11-16H,3-10H2,1-2H3. The van der Waals surface area contributed by atoms with Gasteiger partial charge in [-0.05, 0) is 38.9 Å². The SMILES string of the molecule is CSC1CCCC(NC(C)CC2COCCN2)C1. The van der Waals surface area contributed by atoms with Crippen LogP contribution in [0.5, 0.6) is 0 Å². The Hall–Kier alpha value is 0.230. The van der Waals surface area contributed by atoms with Gasteiger partial charge in [0.1, 0.15) is 0 Å². The lowest BCUT2D eigenvalue weighted by atomic mass is 9.94. The second kappa shape index (κ2) is 7.73. The molecular weight excluding hydrogens is 244 g/mol. The van der Waals surface area contributed by atoms with Gasteiger partial charge in [-0.1, -0.05) is 6.42 Å². The summed E-state index contributed by atoms with van der Waals surface area (Å²) in [5, 5.41) is 8.23. The van der Waals surface area contributed by atoms with Crippen LogP contribution in [0.3, 0.4) is 0 Å². The summed E-state index contributed by atoms with van der Waals surface area (Å²) < 4.78 is 5.51. The number of ether oxygens (including phenoxy) is 1. The average Bonchev–Trinajstić information content (AvgIpc) is 2.40. The highest BCUT2D eigenvalue weighted by Crippen LogP contribution is 2.27. The molecule has 0 spiro atoms. The van der Waals surface area contributed by atoms with Crippen molar-refractivity contribution >= 4 is 11.8 Å². The minimum absolute atomic E-state index is 0.543. The first kappa shape index (κ1) is 14.6. The van der Waals surface area contributed by atoms with Crippen molar-refractivity contribution in [3.8, 4) is 0 Å². The number of thioether (sulfide) groups is 1. The van der Waals surface area contributed by atoms with Crippen LogP contribution in [0, 0.1) is 0 Å². The minimum Gasteiger partial charge on any atom is -0.379 e. The molecule has 1 aliphatic heterocycles. The van der Waals surface area contributed by atoms with Crippen LogP contribution in [0.25, 0.3) is 0 Å². The van der Waals surface area contributed by atoms with Gasteiger partial charge >= 0.3 is 0 Å². The van der Waals surface area contributed by atoms with E-state index in [1.807, 2.05) is 11.8 Å². The molecule has 4 atom stereocenters. The maximum atomic E-state index is 5.51. The highest BCUT2D eigenvalue weighted by molar-refractivity contribution is 7.99. The van der Waals surface area contributed by atoms with Gasteiger partial charge < -0.3 is 15.4 Å². The third kappa shape index (κ3) is 4.72. The van der Waals surface area contributed by atoms with E-state index < -0.39 is 0 Å². The molecular formula is C14H28N2OS. The molecule has 2 N–H and O–H groups in total. The van der Waals surface area contributed by atoms with E-state index >= 15 is 0 Å². The largest absolute Gasteiger partial charge is 0.379 e. The third-order valence-corrected chi connectivity index (χ3v) is 5.21. The predicted molar refractivity (Wildman–Crippen MR) is 79.4 cm³/mol. The molecule has 0 bridgehead atoms. The van der Waals surface area contributed by atoms with Crippen molar-refractivity contribution in [3.05, 3.63) is 0 Å². The lowest BCUT2D eigenvalue weighted by Crippen LogP contribution is -2.47. The van der Waals surface area contributed by atoms with Gasteiger partial charge in [-0.2, -0.15) is 11.8 Å². The van der Waals surface area contributed by atoms with E-state index in [4.69, 9.17) is 4.74 Å². The van der Waals surface area contributed by atoms with Crippen LogP contribution in [0.15, 0.2) is 0 Å². The maximum absolute atomic E-state index is 5.51. The lowest BCUT2D eigenvalue weighted by molar-refractivity contribution is 0.0705. The molecule has 4 unspecified atom stereocenters. The van der Waals surface area contributed by atoms with Crippen LogP contribution in [-0.4, -0.2) is 49.4 Å². The van der Waals surface area contributed by atoms with Crippen molar-refractivity contribution < 1.29 is 4.74 Å². The summed E-state index contributed by atoms with van der Waals surface area (Å²) in [5.74, 6) is 0. The Morgan fingerprint density at radius 2 is 2.33 bits per heavy atom. The number of nitrogens with one attached hydrogen (secondary N) is 2. The molecule has 1 heterocycles. The fourth-order valence-electron chi connectivity index (χ4n) is 3.18. The van der Waals surface area contributed by atoms with Crippen LogP contribution in [0.1, 0.15) is 39.0 Å². The first-order valence-corrected chi connectivity index (χ1v) is 8.66. The predicted octanol–water partition coefficient (Wildman–Crippen LogP) is 2.02. The van der Waals surface area contributed by atoms with Gasteiger partial charge in [0.05, 0.1) is 13.2 Å². The van der Waals surface area contributed by atoms with Crippen molar-refractivity contribution in [1.82, 2.24) is 10.6 Å². The fourth-order valence-corrected chi connectivity index (χ4v) is 4.01. The monoisotopic (exact) mass is 272 g/mol. The van der Waals surface area contributed by atoms with E-state index in [0.717, 1.165) is 31.1 Å². The first-order chi connectivity index (χ1) is 8.78. The molecule has 4 heteroatoms. The lowest BCUT2D eigenvalue weighted by Gasteiger charge is -2.33. The zero-order valence-electron chi connectivity index (χ0n) is 11.8. The highest BCUT2D eigenvalue weighted by atomic mass is 32.2. The highest BCUT2D eigenvalue weighted by Gasteiger charge is 2.23. The summed E-state index contributed by atoms with van der Waals surface area (Å²) in [7, 11) is 0. The molecule has 106 valence electrons. The van der Waals surface area contributed by atoms with Crippen LogP contribution in [0.4, 0.5) is 0 Å². The maximum Gasteiger partial charge on any atom is 0.0620 e. The van der Waals surface area contributed by atoms with Gasteiger partial charge in [0.25, 0.3) is 0 Å². The smallest absolute Gasteiger partial charge is 0.0620 e. The molecule has 2 aliphatic rings. The van der Waals surface area contributed by atoms with E-state index in [2.05, 4.69) is 23.8 Å². The topological polar surface area (TPSA) is 33.3 Å². The summed E-state index contributed by atoms with van der Waals surface area (Å²) >= 11 is 2.04. The molecule has 0 aromatic carbocycles. The van der Waals surface area contributed by atoms with Crippen molar-refractivity contribution in [1.29, 1.82) is 0 Å². The van der Waals surface area contributed by atoms with Crippen molar-refractivity contribution in [2.45, 2.75) is 62.4 Å². The zero-order valence-corrected chi connectivity index (χ0v) is 12.6. The summed E-state index contributed by atoms with van der Waals surface area (Å²) in [6.07, 6.45) is 8.93. The van der Waals surface area contributed by atoms with Crippen molar-refractivity contribution in [2.75, 3.05) is 26.0 Å². The number of hydrogen-bond donors (Lipinski definition) is 2. The Labute approximate surface area is 116 Å². The molecule has 0 amide bonds. The van der Waals surface area contributed by atoms with E-state index in [1.165, 1.54) is 32.1 Å². The normalized spacial score (nSPS) is 35.3. The van der Waals surface area contributed by atoms with Gasteiger partial charge in [-0.25, -0.2) is 0 Å². The summed E-state index contributed by atoms with van der Waals surface area (Å²) in [5.41, 5.74) is 0. The molecule has 2 rings (SSSR count). The van der Waals surface area contributed by atoms with Crippen LogP contribution in [0.2, 0.25) is 0 Å². The van der Waals surface area contributed by atoms with E-state index in [-0.39, 0.29) is 0 Å². The number of morpholine rings is 1. The van der Waals surface area contributed by atoms with Gasteiger partial charge in [0, 0.05) is 29.9 Å². The number of hydrogen-bond acceptors (Lipinski definition) is 4. The van der Waals surface area contributed by atoms with Crippen LogP contribution >= 0.6 is 11.8 Å². The van der Waals surface area contributed by atoms with Gasteiger partial charge in [-0.3, -0.25) is 0 Å². The van der Waals surface area contributed by atoms with Crippen LogP contribution < -0.4 is 10.6 Å². The molecule has 3 nitrogen and oxygen atoms in total. The average molecular weight is 272 g/mol. The quantitative estimate of drug-likeness (QED) is 0.802. The van der Waals surface area contributed by atoms with E-state index in [0.29, 0.717) is 12.1 Å². The van der Waals surface area contributed by atoms with Gasteiger partial charge in [0.15, 0.2) is 0 Å². The molecule has 1 saturated heterocycles. The molecule has 0 radical (unpaired) electrons. The Bertz CT molecular complexity index is 234. The summed E-state index contributed by atoms with van der Waals surface area (Å²) in [4.78, 5) is 0. The molecule has 2 fully saturated rings. The van der Waals surface area contributed by atoms with E-state index in [1.54, 1.807) is 0 Å². The zero-order chi connectivity index (χ0) is 12.8. The Morgan fingerprint density at radius 1 is 1.44 bits per heavy atom. The molecule has 0 aromatic rings. The van der Waals surface area contributed by atoms with Crippen molar-refractivity contribution in [2.24, 2.45) is 0 Å². The fraction of sp³-hybridized carbons (Fsp3) is 1.00. The summed E-state index contributed by atoms with van der Waals surface area (Å²) in [6.45, 7) is 5.08. The Kier molecular flexibility index (Phi) is 6.29. The first-order valence-electron chi connectivity index (χ1n) is 7.38. The minimum atomic E-state index is 0.543. The van der Waals surface area contributed by atoms with Gasteiger partial charge in [-0.15, -0.1) is 0 Å². The Morgan fingerprint density at radius 3 is 3.06 bits per heavy atom. The molecule has 18 heavy (non-hydrogen) atoms. The van der Waals surface area contributed by atoms with Gasteiger partial charge in [0.2, 0.25) is 0 Å². The summed E-state index contributed by atoms with van der Waals surface area (Å²) in [6, 6.07) is 1.87. The van der Waals surface area contributed by atoms with Crippen molar-refractivity contribution in [3.63, 3.8) is 0 Å². The molecule has 1 aliphatic carbocycles. The Balaban J connectivity index is 1.67. The molecule has 1 saturated carbocycles. The third-order valence-electron chi connectivity index (χ3n) is 4.12.